The second-order valence-electron chi connectivity index (χ2n) is 20.2. The average Bonchev–Trinajstić information content (AvgIpc) is 3.94. The van der Waals surface area contributed by atoms with Gasteiger partial charge in [-0.2, -0.15) is 5.26 Å². The maximum absolute atomic E-state index is 14.0. The third-order valence-corrected chi connectivity index (χ3v) is 13.8. The Kier molecular flexibility index (Phi) is 17.2. The second-order valence-corrected chi connectivity index (χ2v) is 20.6. The van der Waals surface area contributed by atoms with Gasteiger partial charge in [-0.15, -0.1) is 0 Å². The van der Waals surface area contributed by atoms with Gasteiger partial charge in [0.1, 0.15) is 42.4 Å². The summed E-state index contributed by atoms with van der Waals surface area (Å²) in [5, 5.41) is 21.8. The Bertz CT molecular complexity index is 2280. The fourth-order valence-electron chi connectivity index (χ4n) is 9.96. The Morgan fingerprint density at radius 1 is 0.882 bits per heavy atom. The normalized spacial score (nSPS) is 22.2. The molecule has 4 amide bonds. The van der Waals surface area contributed by atoms with Crippen LogP contribution in [0.15, 0.2) is 66.7 Å². The first-order chi connectivity index (χ1) is 32.3. The lowest BCUT2D eigenvalue weighted by Gasteiger charge is -2.63. The number of ether oxygens (including phenoxy) is 5. The quantitative estimate of drug-likeness (QED) is 0.0895. The summed E-state index contributed by atoms with van der Waals surface area (Å²) in [5.41, 5.74) is 1.65. The van der Waals surface area contributed by atoms with Gasteiger partial charge in [-0.1, -0.05) is 84.3 Å². The molecule has 3 aliphatic rings. The maximum Gasteiger partial charge on any atom is 0.251 e. The van der Waals surface area contributed by atoms with E-state index in [0.717, 1.165) is 11.1 Å². The predicted molar refractivity (Wildman–Crippen MR) is 258 cm³/mol. The van der Waals surface area contributed by atoms with E-state index in [-0.39, 0.29) is 52.7 Å². The van der Waals surface area contributed by atoms with E-state index < -0.39 is 29.6 Å². The topological polar surface area (TPSA) is 190 Å². The number of carbonyl (C=O) groups excluding carboxylic acids is 4. The molecule has 3 aromatic carbocycles. The van der Waals surface area contributed by atoms with E-state index in [1.165, 1.54) is 0 Å². The fraction of sp³-hybridized carbons (Fsp3) is 0.558. The van der Waals surface area contributed by atoms with E-state index >= 15 is 0 Å². The summed E-state index contributed by atoms with van der Waals surface area (Å²) >= 11 is 6.24. The van der Waals surface area contributed by atoms with E-state index in [4.69, 9.17) is 35.3 Å². The molecule has 0 radical (unpaired) electrons. The molecule has 2 aliphatic carbocycles. The largest absolute Gasteiger partial charge is 0.491 e. The summed E-state index contributed by atoms with van der Waals surface area (Å²) < 4.78 is 30.0. The Morgan fingerprint density at radius 3 is 2.18 bits per heavy atom. The van der Waals surface area contributed by atoms with Gasteiger partial charge in [0, 0.05) is 41.5 Å². The molecule has 3 aromatic rings. The number of carbonyl (C=O) groups is 4. The number of fused-ring (bicyclic) bond motifs is 1. The number of rotatable bonds is 21. The van der Waals surface area contributed by atoms with Crippen LogP contribution in [0.3, 0.4) is 0 Å². The zero-order valence-corrected chi connectivity index (χ0v) is 41.7. The molecule has 16 heteroatoms. The lowest BCUT2D eigenvalue weighted by molar-refractivity contribution is -0.164. The molecular weight excluding hydrogens is 888 g/mol. The molecular formula is C52H69ClN6O9. The minimum absolute atomic E-state index is 0.166. The molecule has 1 heterocycles. The molecule has 368 valence electrons. The van der Waals surface area contributed by atoms with Crippen LogP contribution in [0.4, 0.5) is 0 Å². The summed E-state index contributed by atoms with van der Waals surface area (Å²) in [4.78, 5) is 55.8. The van der Waals surface area contributed by atoms with Gasteiger partial charge in [0.25, 0.3) is 5.91 Å². The van der Waals surface area contributed by atoms with Crippen LogP contribution in [0.2, 0.25) is 5.02 Å². The van der Waals surface area contributed by atoms with Crippen molar-refractivity contribution in [2.75, 3.05) is 53.2 Å². The van der Waals surface area contributed by atoms with Crippen molar-refractivity contribution in [3.8, 4) is 17.6 Å². The lowest BCUT2D eigenvalue weighted by Crippen LogP contribution is -2.74. The van der Waals surface area contributed by atoms with E-state index in [1.807, 2.05) is 45.0 Å². The summed E-state index contributed by atoms with van der Waals surface area (Å²) in [5.74, 6) is 0.232. The molecule has 4 N–H and O–H groups in total. The molecule has 5 atom stereocenters. The predicted octanol–water partition coefficient (Wildman–Crippen LogP) is 6.16. The van der Waals surface area contributed by atoms with Gasteiger partial charge in [0.05, 0.1) is 61.8 Å². The molecule has 1 saturated heterocycles. The van der Waals surface area contributed by atoms with Crippen LogP contribution >= 0.6 is 11.6 Å². The zero-order valence-electron chi connectivity index (χ0n) is 40.9. The summed E-state index contributed by atoms with van der Waals surface area (Å²) in [7, 11) is 1.69. The molecule has 1 unspecified atom stereocenters. The third kappa shape index (κ3) is 12.1. The zero-order chi connectivity index (χ0) is 49.4. The minimum Gasteiger partial charge on any atom is -0.491 e. The minimum atomic E-state index is -0.797. The van der Waals surface area contributed by atoms with Crippen molar-refractivity contribution < 1.29 is 42.9 Å². The number of likely N-dealkylation sites (tertiary alicyclic amines) is 1. The van der Waals surface area contributed by atoms with Crippen LogP contribution in [0.25, 0.3) is 0 Å². The highest BCUT2D eigenvalue weighted by molar-refractivity contribution is 6.31. The highest BCUT2D eigenvalue weighted by atomic mass is 35.5. The van der Waals surface area contributed by atoms with Crippen molar-refractivity contribution in [1.29, 1.82) is 5.26 Å². The van der Waals surface area contributed by atoms with Crippen molar-refractivity contribution in [3.05, 3.63) is 94.0 Å². The van der Waals surface area contributed by atoms with Gasteiger partial charge in [0.15, 0.2) is 0 Å². The van der Waals surface area contributed by atoms with Gasteiger partial charge in [-0.3, -0.25) is 19.2 Å². The number of amides is 4. The number of likely N-dealkylation sites (N-methyl/N-ethyl adjacent to an activating group) is 1. The molecule has 0 bridgehead atoms. The molecule has 2 fully saturated rings. The Hall–Kier alpha value is -5.24. The highest BCUT2D eigenvalue weighted by Gasteiger charge is 2.64. The van der Waals surface area contributed by atoms with Gasteiger partial charge >= 0.3 is 0 Å². The lowest BCUT2D eigenvalue weighted by atomic mass is 9.49. The first-order valence-corrected chi connectivity index (χ1v) is 24.0. The van der Waals surface area contributed by atoms with E-state index in [2.05, 4.69) is 55.0 Å². The number of nitrogens with one attached hydrogen (secondary N) is 4. The number of halogens is 1. The van der Waals surface area contributed by atoms with Crippen molar-refractivity contribution in [3.63, 3.8) is 0 Å². The van der Waals surface area contributed by atoms with Crippen LogP contribution in [0, 0.1) is 27.6 Å². The van der Waals surface area contributed by atoms with Crippen LogP contribution in [0.1, 0.15) is 101 Å². The third-order valence-electron chi connectivity index (χ3n) is 13.5. The second kappa shape index (κ2) is 22.5. The van der Waals surface area contributed by atoms with Crippen LogP contribution in [-0.2, 0) is 35.0 Å². The number of hydrogen-bond donors (Lipinski definition) is 4. The SMILES string of the molecule is CN[C@@H](C)C(=O)N[C@H](C(=O)N1CCCC1C(=O)N[C@H]1c2ccccc2C[C@H]1OCCOCCOCCOc1ccc(C(=O)NC2C(C)(C)C(Oc3ccc(C#N)c(Cl)c3)C2(C)C)cc1)C(C)(C)C. The molecule has 15 nitrogen and oxygen atoms in total. The molecule has 6 rings (SSSR count). The van der Waals surface area contributed by atoms with E-state index in [0.29, 0.717) is 93.1 Å². The molecule has 0 aromatic heterocycles. The maximum atomic E-state index is 14.0. The fourth-order valence-corrected chi connectivity index (χ4v) is 10.2. The van der Waals surface area contributed by atoms with Crippen LogP contribution in [0.5, 0.6) is 11.5 Å². The van der Waals surface area contributed by atoms with E-state index in [9.17, 15) is 24.4 Å². The summed E-state index contributed by atoms with van der Waals surface area (Å²) in [6, 6.07) is 19.6. The summed E-state index contributed by atoms with van der Waals surface area (Å²) in [6.07, 6.45) is 1.32. The summed E-state index contributed by atoms with van der Waals surface area (Å²) in [6.45, 7) is 18.2. The van der Waals surface area contributed by atoms with Crippen LogP contribution in [-0.4, -0.2) is 118 Å². The number of hydrogen-bond acceptors (Lipinski definition) is 11. The monoisotopic (exact) mass is 956 g/mol. The number of nitriles is 1. The molecule has 1 saturated carbocycles. The number of benzene rings is 3. The first kappa shape index (κ1) is 52.1. The average molecular weight is 958 g/mol. The first-order valence-electron chi connectivity index (χ1n) is 23.6. The van der Waals surface area contributed by atoms with Crippen LogP contribution < -0.4 is 30.7 Å². The Balaban J connectivity index is 0.885. The molecule has 1 aliphatic heterocycles. The number of nitrogens with zero attached hydrogens (tertiary/aromatic N) is 2. The Morgan fingerprint density at radius 2 is 1.53 bits per heavy atom. The van der Waals surface area contributed by atoms with Crippen molar-refractivity contribution >= 4 is 35.2 Å². The Labute approximate surface area is 406 Å². The van der Waals surface area contributed by atoms with Gasteiger partial charge in [-0.25, -0.2) is 0 Å². The molecule has 0 spiro atoms. The van der Waals surface area contributed by atoms with Gasteiger partial charge in [-0.05, 0) is 79.8 Å². The van der Waals surface area contributed by atoms with Crippen molar-refractivity contribution in [1.82, 2.24) is 26.2 Å². The van der Waals surface area contributed by atoms with Crippen molar-refractivity contribution in [2.45, 2.75) is 117 Å². The van der Waals surface area contributed by atoms with Gasteiger partial charge < -0.3 is 49.9 Å². The van der Waals surface area contributed by atoms with Crippen molar-refractivity contribution in [2.24, 2.45) is 16.2 Å². The smallest absolute Gasteiger partial charge is 0.251 e. The standard InChI is InChI=1S/C52H69ClN6O9/c1-32(55-9)44(60)57-43(50(2,3)4)47(63)59-22-12-15-40(59)46(62)56-42-38-14-11-10-13-34(38)29-41(42)67-28-26-65-24-23-64-25-27-66-36-19-16-33(17-20-36)45(61)58-48-51(5,6)49(52(48,7)8)68-37-21-18-35(31-54)39(53)30-37/h10-11,13-14,16-21,30,32,40-43,48-49,55H,12,15,22-29H2,1-9H3,(H,56,62)(H,57,60)(H,58,61)/t32-,40?,41+,42-,43+,48?,49?/m0/s1. The molecule has 68 heavy (non-hydrogen) atoms. The van der Waals surface area contributed by atoms with E-state index in [1.54, 1.807) is 61.3 Å². The highest BCUT2D eigenvalue weighted by Crippen LogP contribution is 2.55. The van der Waals surface area contributed by atoms with Gasteiger partial charge in [0.2, 0.25) is 17.7 Å².